The number of nitrogens with one attached hydrogen (secondary N) is 1. The monoisotopic (exact) mass is 176 g/mol. The van der Waals surface area contributed by atoms with Crippen LogP contribution in [-0.2, 0) is 17.6 Å². The van der Waals surface area contributed by atoms with Crippen LogP contribution in [0.4, 0.5) is 5.69 Å². The summed E-state index contributed by atoms with van der Waals surface area (Å²) < 4.78 is 0. The van der Waals surface area contributed by atoms with Crippen molar-refractivity contribution in [2.45, 2.75) is 12.8 Å². The van der Waals surface area contributed by atoms with Crippen molar-refractivity contribution < 1.29 is 4.79 Å². The van der Waals surface area contributed by atoms with Gasteiger partial charge in [-0.15, -0.1) is 0 Å². The number of hydrogen-bond acceptors (Lipinski definition) is 2. The molecule has 3 N–H and O–H groups in total. The molecule has 0 saturated carbocycles. The molecule has 0 bridgehead atoms. The van der Waals surface area contributed by atoms with Gasteiger partial charge in [0.25, 0.3) is 0 Å². The molecule has 0 unspecified atom stereocenters. The van der Waals surface area contributed by atoms with Crippen molar-refractivity contribution in [2.75, 3.05) is 11.9 Å². The van der Waals surface area contributed by atoms with Crippen LogP contribution in [0.1, 0.15) is 11.1 Å². The topological polar surface area (TPSA) is 55.1 Å². The molecule has 1 amide bonds. The van der Waals surface area contributed by atoms with E-state index in [9.17, 15) is 4.79 Å². The molecular formula is C10H12N2O. The summed E-state index contributed by atoms with van der Waals surface area (Å²) in [6.45, 7) is 0.995. The van der Waals surface area contributed by atoms with E-state index < -0.39 is 0 Å². The fraction of sp³-hybridized carbons (Fsp3) is 0.300. The number of primary amides is 1. The van der Waals surface area contributed by atoms with Crippen molar-refractivity contribution in [1.29, 1.82) is 0 Å². The third-order valence-electron chi connectivity index (χ3n) is 2.26. The summed E-state index contributed by atoms with van der Waals surface area (Å²) in [6.07, 6.45) is 1.40. The van der Waals surface area contributed by atoms with Gasteiger partial charge in [-0.1, -0.05) is 12.1 Å². The van der Waals surface area contributed by atoms with E-state index in [1.54, 1.807) is 0 Å². The van der Waals surface area contributed by atoms with E-state index in [1.165, 1.54) is 5.56 Å². The number of rotatable bonds is 2. The van der Waals surface area contributed by atoms with Crippen LogP contribution in [0.2, 0.25) is 0 Å². The Bertz CT molecular complexity index is 347. The number of benzene rings is 1. The quantitative estimate of drug-likeness (QED) is 0.696. The van der Waals surface area contributed by atoms with E-state index >= 15 is 0 Å². The molecule has 1 heterocycles. The zero-order valence-corrected chi connectivity index (χ0v) is 7.34. The van der Waals surface area contributed by atoms with Crippen molar-refractivity contribution in [3.63, 3.8) is 0 Å². The van der Waals surface area contributed by atoms with Crippen LogP contribution in [0.3, 0.4) is 0 Å². The Balaban J connectivity index is 2.25. The van der Waals surface area contributed by atoms with Crippen molar-refractivity contribution in [1.82, 2.24) is 0 Å². The lowest BCUT2D eigenvalue weighted by atomic mass is 10.1. The van der Waals surface area contributed by atoms with E-state index in [1.807, 2.05) is 12.1 Å². The van der Waals surface area contributed by atoms with E-state index in [4.69, 9.17) is 5.73 Å². The molecule has 0 aliphatic carbocycles. The zero-order chi connectivity index (χ0) is 9.26. The molecule has 68 valence electrons. The van der Waals surface area contributed by atoms with Gasteiger partial charge >= 0.3 is 0 Å². The number of hydrogen-bond donors (Lipinski definition) is 2. The van der Waals surface area contributed by atoms with E-state index in [0.29, 0.717) is 6.42 Å². The second-order valence-corrected chi connectivity index (χ2v) is 3.31. The predicted octanol–water partition coefficient (Wildman–Crippen LogP) is 0.682. The average Bonchev–Trinajstić information content (AvgIpc) is 2.49. The Morgan fingerprint density at radius 2 is 2.38 bits per heavy atom. The van der Waals surface area contributed by atoms with Crippen LogP contribution in [0, 0.1) is 0 Å². The third kappa shape index (κ3) is 1.64. The molecular weight excluding hydrogens is 164 g/mol. The van der Waals surface area contributed by atoms with Crippen LogP contribution in [-0.4, -0.2) is 12.5 Å². The number of nitrogens with two attached hydrogens (primary N) is 1. The molecule has 3 nitrogen and oxygen atoms in total. The highest BCUT2D eigenvalue weighted by Crippen LogP contribution is 2.23. The summed E-state index contributed by atoms with van der Waals surface area (Å²) in [4.78, 5) is 10.7. The van der Waals surface area contributed by atoms with Gasteiger partial charge in [0.05, 0.1) is 6.42 Å². The van der Waals surface area contributed by atoms with Gasteiger partial charge in [-0.25, -0.2) is 0 Å². The van der Waals surface area contributed by atoms with E-state index in [2.05, 4.69) is 11.4 Å². The highest BCUT2D eigenvalue weighted by Gasteiger charge is 2.10. The Morgan fingerprint density at radius 3 is 3.15 bits per heavy atom. The Hall–Kier alpha value is -1.51. The molecule has 1 aliphatic rings. The van der Waals surface area contributed by atoms with Crippen LogP contribution in [0.25, 0.3) is 0 Å². The Labute approximate surface area is 76.9 Å². The van der Waals surface area contributed by atoms with Gasteiger partial charge in [0.15, 0.2) is 0 Å². The highest BCUT2D eigenvalue weighted by molar-refractivity contribution is 5.77. The molecule has 13 heavy (non-hydrogen) atoms. The van der Waals surface area contributed by atoms with Gasteiger partial charge < -0.3 is 11.1 Å². The fourth-order valence-electron chi connectivity index (χ4n) is 1.65. The summed E-state index contributed by atoms with van der Waals surface area (Å²) in [6, 6.07) is 6.04. The van der Waals surface area contributed by atoms with Crippen LogP contribution in [0.5, 0.6) is 0 Å². The number of amides is 1. The first-order chi connectivity index (χ1) is 6.25. The molecule has 0 spiro atoms. The second kappa shape index (κ2) is 3.09. The van der Waals surface area contributed by atoms with E-state index in [-0.39, 0.29) is 5.91 Å². The van der Waals surface area contributed by atoms with Crippen molar-refractivity contribution in [3.8, 4) is 0 Å². The normalized spacial score (nSPS) is 13.5. The number of anilines is 1. The number of carbonyl (C=O) groups is 1. The maximum Gasteiger partial charge on any atom is 0.221 e. The standard InChI is InChI=1S/C10H12N2O/c11-10(13)6-7-1-2-8-3-4-12-9(8)5-7/h1-2,5,12H,3-4,6H2,(H2,11,13). The van der Waals surface area contributed by atoms with Crippen molar-refractivity contribution in [3.05, 3.63) is 29.3 Å². The first kappa shape index (κ1) is 8.10. The molecule has 1 aromatic carbocycles. The average molecular weight is 176 g/mol. The largest absolute Gasteiger partial charge is 0.384 e. The summed E-state index contributed by atoms with van der Waals surface area (Å²) in [5.74, 6) is -0.280. The molecule has 0 atom stereocenters. The molecule has 0 aromatic heterocycles. The van der Waals surface area contributed by atoms with Gasteiger partial charge in [-0.3, -0.25) is 4.79 Å². The van der Waals surface area contributed by atoms with E-state index in [0.717, 1.165) is 24.2 Å². The highest BCUT2D eigenvalue weighted by atomic mass is 16.1. The van der Waals surface area contributed by atoms with Gasteiger partial charge in [-0.05, 0) is 23.6 Å². The summed E-state index contributed by atoms with van der Waals surface area (Å²) in [5, 5.41) is 3.26. The summed E-state index contributed by atoms with van der Waals surface area (Å²) in [5.41, 5.74) is 8.58. The molecule has 0 radical (unpaired) electrons. The minimum Gasteiger partial charge on any atom is -0.384 e. The zero-order valence-electron chi connectivity index (χ0n) is 7.34. The van der Waals surface area contributed by atoms with Gasteiger partial charge in [0.1, 0.15) is 0 Å². The van der Waals surface area contributed by atoms with Crippen molar-refractivity contribution >= 4 is 11.6 Å². The van der Waals surface area contributed by atoms with Crippen LogP contribution >= 0.6 is 0 Å². The Morgan fingerprint density at radius 1 is 1.54 bits per heavy atom. The van der Waals surface area contributed by atoms with Gasteiger partial charge in [0.2, 0.25) is 5.91 Å². The van der Waals surface area contributed by atoms with Gasteiger partial charge in [-0.2, -0.15) is 0 Å². The predicted molar refractivity (Wildman–Crippen MR) is 51.5 cm³/mol. The molecule has 2 rings (SSSR count). The number of carbonyl (C=O) groups excluding carboxylic acids is 1. The smallest absolute Gasteiger partial charge is 0.221 e. The maximum atomic E-state index is 10.7. The SMILES string of the molecule is NC(=O)Cc1ccc2c(c1)NCC2. The van der Waals surface area contributed by atoms with Gasteiger partial charge in [0, 0.05) is 12.2 Å². The third-order valence-corrected chi connectivity index (χ3v) is 2.26. The lowest BCUT2D eigenvalue weighted by Crippen LogP contribution is -2.13. The number of fused-ring (bicyclic) bond motifs is 1. The maximum absolute atomic E-state index is 10.7. The molecule has 0 saturated heterocycles. The minimum atomic E-state index is -0.280. The first-order valence-electron chi connectivity index (χ1n) is 4.40. The summed E-state index contributed by atoms with van der Waals surface area (Å²) >= 11 is 0. The second-order valence-electron chi connectivity index (χ2n) is 3.31. The minimum absolute atomic E-state index is 0.280. The van der Waals surface area contributed by atoms with Crippen molar-refractivity contribution in [2.24, 2.45) is 5.73 Å². The fourth-order valence-corrected chi connectivity index (χ4v) is 1.65. The lowest BCUT2D eigenvalue weighted by Gasteiger charge is -2.02. The molecule has 1 aliphatic heterocycles. The van der Waals surface area contributed by atoms with Crippen LogP contribution in [0.15, 0.2) is 18.2 Å². The van der Waals surface area contributed by atoms with Crippen LogP contribution < -0.4 is 11.1 Å². The summed E-state index contributed by atoms with van der Waals surface area (Å²) in [7, 11) is 0. The Kier molecular flexibility index (Phi) is 1.93. The first-order valence-corrected chi connectivity index (χ1v) is 4.40. The lowest BCUT2D eigenvalue weighted by molar-refractivity contribution is -0.117. The molecule has 1 aromatic rings. The molecule has 0 fully saturated rings. The molecule has 3 heteroatoms.